The van der Waals surface area contributed by atoms with Crippen LogP contribution in [0.5, 0.6) is 0 Å². The Balaban J connectivity index is 1.56. The van der Waals surface area contributed by atoms with E-state index in [-0.39, 0.29) is 0 Å². The summed E-state index contributed by atoms with van der Waals surface area (Å²) in [4.78, 5) is 2.42. The summed E-state index contributed by atoms with van der Waals surface area (Å²) in [5, 5.41) is 12.0. The third-order valence-electron chi connectivity index (χ3n) is 5.48. The topological polar surface area (TPSA) is 44.3 Å². The van der Waals surface area contributed by atoms with E-state index in [9.17, 15) is 0 Å². The fraction of sp³-hybridized carbons (Fsp3) is 0.368. The second-order valence-electron chi connectivity index (χ2n) is 7.00. The number of rotatable bonds is 1. The van der Waals surface area contributed by atoms with E-state index in [1.807, 2.05) is 6.07 Å². The lowest BCUT2D eigenvalue weighted by Crippen LogP contribution is -2.47. The average Bonchev–Trinajstić information content (AvgIpc) is 2.97. The highest BCUT2D eigenvalue weighted by molar-refractivity contribution is 6.00. The quantitative estimate of drug-likeness (QED) is 0.747. The van der Waals surface area contributed by atoms with Gasteiger partial charge in [-0.3, -0.25) is 0 Å². The van der Waals surface area contributed by atoms with E-state index in [4.69, 9.17) is 0 Å². The maximum absolute atomic E-state index is 4.38. The number of hydrazine groups is 1. The molecule has 3 heterocycles. The molecular formula is C19H21N5. The molecule has 0 aromatic carbocycles. The number of aromatic nitrogens is 2. The second-order valence-corrected chi connectivity index (χ2v) is 7.00. The van der Waals surface area contributed by atoms with Crippen LogP contribution in [-0.2, 0) is 6.54 Å². The highest BCUT2D eigenvalue weighted by Crippen LogP contribution is 2.42. The summed E-state index contributed by atoms with van der Waals surface area (Å²) in [5.74, 6) is 0. The van der Waals surface area contributed by atoms with Crippen LogP contribution in [0.1, 0.15) is 18.4 Å². The highest BCUT2D eigenvalue weighted by atomic mass is 15.5. The first-order chi connectivity index (χ1) is 11.8. The van der Waals surface area contributed by atoms with Crippen molar-refractivity contribution in [2.75, 3.05) is 25.6 Å². The van der Waals surface area contributed by atoms with Crippen LogP contribution in [0.4, 0.5) is 5.69 Å². The lowest BCUT2D eigenvalue weighted by molar-refractivity contribution is 0.136. The Hall–Kier alpha value is -2.24. The van der Waals surface area contributed by atoms with Gasteiger partial charge in [-0.1, -0.05) is 12.1 Å². The summed E-state index contributed by atoms with van der Waals surface area (Å²) in [5.41, 5.74) is 9.73. The van der Waals surface area contributed by atoms with Crippen molar-refractivity contribution in [2.24, 2.45) is 0 Å². The van der Waals surface area contributed by atoms with Crippen LogP contribution in [0.3, 0.4) is 0 Å². The number of likely N-dealkylation sites (tertiary alicyclic amines) is 1. The average molecular weight is 319 g/mol. The van der Waals surface area contributed by atoms with Gasteiger partial charge in [-0.15, -0.1) is 5.10 Å². The van der Waals surface area contributed by atoms with Crippen LogP contribution in [0.15, 0.2) is 36.5 Å². The van der Waals surface area contributed by atoms with Gasteiger partial charge in [0.25, 0.3) is 0 Å². The molecule has 1 fully saturated rings. The fourth-order valence-corrected chi connectivity index (χ4v) is 4.11. The van der Waals surface area contributed by atoms with Crippen LogP contribution in [0, 0.1) is 0 Å². The molecule has 5 nitrogen and oxygen atoms in total. The third kappa shape index (κ3) is 2.16. The first-order valence-corrected chi connectivity index (χ1v) is 8.67. The maximum atomic E-state index is 4.38. The number of hydrogen-bond donors (Lipinski definition) is 1. The normalized spacial score (nSPS) is 19.7. The van der Waals surface area contributed by atoms with Crippen LogP contribution in [0.25, 0.3) is 22.0 Å². The number of fused-ring (bicyclic) bond motifs is 2. The molecule has 1 saturated heterocycles. The van der Waals surface area contributed by atoms with Crippen molar-refractivity contribution in [1.82, 2.24) is 20.1 Å². The third-order valence-corrected chi connectivity index (χ3v) is 5.48. The predicted octanol–water partition coefficient (Wildman–Crippen LogP) is 2.97. The lowest BCUT2D eigenvalue weighted by Gasteiger charge is -2.40. The molecule has 24 heavy (non-hydrogen) atoms. The molecule has 2 aliphatic carbocycles. The number of nitrogens with zero attached hydrogens (tertiary/aromatic N) is 4. The highest BCUT2D eigenvalue weighted by Gasteiger charge is 2.29. The number of piperidine rings is 1. The van der Waals surface area contributed by atoms with Gasteiger partial charge in [0.1, 0.15) is 5.52 Å². The molecule has 1 aromatic heterocycles. The Labute approximate surface area is 141 Å². The fourth-order valence-electron chi connectivity index (χ4n) is 4.11. The molecule has 4 aliphatic rings. The van der Waals surface area contributed by atoms with Crippen LogP contribution < -0.4 is 5.43 Å². The van der Waals surface area contributed by atoms with E-state index >= 15 is 0 Å². The minimum absolute atomic E-state index is 0.596. The first-order valence-electron chi connectivity index (χ1n) is 8.67. The zero-order chi connectivity index (χ0) is 16.1. The Kier molecular flexibility index (Phi) is 3.18. The molecule has 1 aromatic rings. The molecule has 0 bridgehead atoms. The Morgan fingerprint density at radius 3 is 2.83 bits per heavy atom. The van der Waals surface area contributed by atoms with Crippen molar-refractivity contribution in [3.8, 4) is 11.1 Å². The molecule has 0 atom stereocenters. The van der Waals surface area contributed by atoms with Crippen molar-refractivity contribution >= 4 is 16.6 Å². The summed E-state index contributed by atoms with van der Waals surface area (Å²) in [6.45, 7) is 3.29. The predicted molar refractivity (Wildman–Crippen MR) is 95.8 cm³/mol. The summed E-state index contributed by atoms with van der Waals surface area (Å²) in [6.07, 6.45) is 4.20. The van der Waals surface area contributed by atoms with Crippen molar-refractivity contribution < 1.29 is 0 Å². The largest absolute Gasteiger partial charge is 0.318 e. The molecule has 2 aliphatic heterocycles. The van der Waals surface area contributed by atoms with E-state index < -0.39 is 0 Å². The van der Waals surface area contributed by atoms with Gasteiger partial charge < -0.3 is 10.3 Å². The monoisotopic (exact) mass is 319 g/mol. The van der Waals surface area contributed by atoms with Crippen molar-refractivity contribution in [3.63, 3.8) is 0 Å². The minimum Gasteiger partial charge on any atom is -0.318 e. The standard InChI is InChI=1S/C19H21N5/c1-23-10-7-15(8-11-23)24-12-14-3-2-13-6-9-20-21-19(13)16-4-5-17(22-24)18(14)16/h2-6,9,15,22H,7-8,10-12H2,1H3. The molecule has 0 amide bonds. The Morgan fingerprint density at radius 1 is 1.08 bits per heavy atom. The van der Waals surface area contributed by atoms with Gasteiger partial charge in [0, 0.05) is 29.1 Å². The minimum atomic E-state index is 0.596. The van der Waals surface area contributed by atoms with Gasteiger partial charge >= 0.3 is 0 Å². The van der Waals surface area contributed by atoms with E-state index in [0.717, 1.165) is 17.4 Å². The SMILES string of the molecule is CN1CCC(N2Cc3ccc4ccnnc4c4ccc(c3-4)N2)CC1. The van der Waals surface area contributed by atoms with Gasteiger partial charge in [-0.2, -0.15) is 5.10 Å². The first kappa shape index (κ1) is 14.1. The number of nitrogens with one attached hydrogen (secondary N) is 1. The summed E-state index contributed by atoms with van der Waals surface area (Å²) in [6, 6.07) is 11.4. The molecule has 1 N–H and O–H groups in total. The second kappa shape index (κ2) is 5.40. The molecule has 0 spiro atoms. The van der Waals surface area contributed by atoms with Crippen LogP contribution >= 0.6 is 0 Å². The summed E-state index contributed by atoms with van der Waals surface area (Å²) >= 11 is 0. The van der Waals surface area contributed by atoms with Gasteiger partial charge in [-0.05, 0) is 56.7 Å². The number of anilines is 1. The maximum Gasteiger partial charge on any atom is 0.101 e. The number of hydrogen-bond acceptors (Lipinski definition) is 5. The molecule has 0 saturated carbocycles. The molecule has 0 unspecified atom stereocenters. The van der Waals surface area contributed by atoms with Gasteiger partial charge in [0.15, 0.2) is 0 Å². The summed E-state index contributed by atoms with van der Waals surface area (Å²) in [7, 11) is 2.21. The molecule has 5 heteroatoms. The molecule has 5 rings (SSSR count). The summed E-state index contributed by atoms with van der Waals surface area (Å²) < 4.78 is 0. The van der Waals surface area contributed by atoms with Crippen molar-refractivity contribution in [1.29, 1.82) is 0 Å². The molecule has 0 radical (unpaired) electrons. The molecular weight excluding hydrogens is 298 g/mol. The van der Waals surface area contributed by atoms with Gasteiger partial charge in [0.05, 0.1) is 11.9 Å². The lowest BCUT2D eigenvalue weighted by atomic mass is 10.0. The van der Waals surface area contributed by atoms with Gasteiger partial charge in [0.2, 0.25) is 0 Å². The van der Waals surface area contributed by atoms with Crippen LogP contribution in [-0.4, -0.2) is 46.3 Å². The van der Waals surface area contributed by atoms with E-state index in [1.165, 1.54) is 48.3 Å². The zero-order valence-corrected chi connectivity index (χ0v) is 13.9. The smallest absolute Gasteiger partial charge is 0.101 e. The Bertz CT molecular complexity index is 869. The van der Waals surface area contributed by atoms with Crippen molar-refractivity contribution in [3.05, 3.63) is 42.1 Å². The van der Waals surface area contributed by atoms with E-state index in [0.29, 0.717) is 6.04 Å². The molecule has 122 valence electrons. The van der Waals surface area contributed by atoms with Gasteiger partial charge in [-0.25, -0.2) is 5.01 Å². The van der Waals surface area contributed by atoms with E-state index in [1.54, 1.807) is 6.20 Å². The van der Waals surface area contributed by atoms with Crippen LogP contribution in [0.2, 0.25) is 0 Å². The zero-order valence-electron chi connectivity index (χ0n) is 13.9. The Morgan fingerprint density at radius 2 is 1.96 bits per heavy atom. The van der Waals surface area contributed by atoms with Crippen molar-refractivity contribution in [2.45, 2.75) is 25.4 Å². The van der Waals surface area contributed by atoms with E-state index in [2.05, 4.69) is 56.8 Å².